The lowest BCUT2D eigenvalue weighted by Gasteiger charge is -2.37. The summed E-state index contributed by atoms with van der Waals surface area (Å²) < 4.78 is 42.1. The molecule has 0 aromatic heterocycles. The molecule has 3 aromatic rings. The van der Waals surface area contributed by atoms with Crippen molar-refractivity contribution in [1.82, 2.24) is 0 Å². The van der Waals surface area contributed by atoms with Gasteiger partial charge in [-0.05, 0) is 49.2 Å². The van der Waals surface area contributed by atoms with Crippen LogP contribution in [0.2, 0.25) is 5.02 Å². The molecule has 1 aliphatic rings. The number of para-hydroxylation sites is 2. The van der Waals surface area contributed by atoms with E-state index in [9.17, 15) is 17.6 Å². The second-order valence-electron chi connectivity index (χ2n) is 7.05. The molecule has 1 heterocycles. The second-order valence-corrected chi connectivity index (χ2v) is 9.21. The molecular weight excluding hydrogens is 427 g/mol. The van der Waals surface area contributed by atoms with Crippen LogP contribution in [0, 0.1) is 19.7 Å². The zero-order valence-electron chi connectivity index (χ0n) is 16.3. The standard InChI is InChI=1S/C22H18ClFN2O3S/c1-14-7-5-8-15(2)21(14)26-22(27)25(13-16-17(23)9-6-10-18(16)24)19-11-3-4-12-20(19)30(26,28)29/h3-12H,13H2,1-2H3. The van der Waals surface area contributed by atoms with Crippen LogP contribution in [0.25, 0.3) is 0 Å². The quantitative estimate of drug-likeness (QED) is 0.541. The third kappa shape index (κ3) is 3.14. The highest BCUT2D eigenvalue weighted by Gasteiger charge is 2.43. The molecule has 2 amide bonds. The summed E-state index contributed by atoms with van der Waals surface area (Å²) in [5, 5.41) is 0.160. The minimum atomic E-state index is -4.16. The number of amides is 2. The zero-order chi connectivity index (χ0) is 21.6. The third-order valence-corrected chi connectivity index (χ3v) is 7.17. The lowest BCUT2D eigenvalue weighted by atomic mass is 10.1. The van der Waals surface area contributed by atoms with E-state index in [4.69, 9.17) is 11.6 Å². The van der Waals surface area contributed by atoms with E-state index < -0.39 is 21.9 Å². The Bertz CT molecular complexity index is 1240. The maximum atomic E-state index is 14.5. The van der Waals surface area contributed by atoms with Crippen molar-refractivity contribution in [3.8, 4) is 0 Å². The van der Waals surface area contributed by atoms with E-state index >= 15 is 0 Å². The van der Waals surface area contributed by atoms with Crippen LogP contribution < -0.4 is 9.21 Å². The molecule has 0 fully saturated rings. The number of halogens is 2. The molecule has 0 saturated heterocycles. The molecule has 0 radical (unpaired) electrons. The fourth-order valence-electron chi connectivity index (χ4n) is 3.65. The number of anilines is 2. The number of fused-ring (bicyclic) bond motifs is 1. The molecule has 154 valence electrons. The highest BCUT2D eigenvalue weighted by molar-refractivity contribution is 7.94. The summed E-state index contributed by atoms with van der Waals surface area (Å²) in [5.41, 5.74) is 1.86. The van der Waals surface area contributed by atoms with Crippen molar-refractivity contribution in [2.24, 2.45) is 0 Å². The molecule has 0 saturated carbocycles. The van der Waals surface area contributed by atoms with Crippen LogP contribution in [0.1, 0.15) is 16.7 Å². The van der Waals surface area contributed by atoms with Crippen molar-refractivity contribution < 1.29 is 17.6 Å². The SMILES string of the molecule is Cc1cccc(C)c1N1C(=O)N(Cc2c(F)cccc2Cl)c2ccccc2S1(=O)=O. The number of rotatable bonds is 3. The largest absolute Gasteiger partial charge is 0.343 e. The molecular formula is C22H18ClFN2O3S. The van der Waals surface area contributed by atoms with Crippen LogP contribution in [0.15, 0.2) is 65.6 Å². The molecule has 5 nitrogen and oxygen atoms in total. The Morgan fingerprint density at radius 1 is 0.933 bits per heavy atom. The Morgan fingerprint density at radius 3 is 2.23 bits per heavy atom. The summed E-state index contributed by atoms with van der Waals surface area (Å²) in [6.45, 7) is 3.27. The van der Waals surface area contributed by atoms with Crippen molar-refractivity contribution in [1.29, 1.82) is 0 Å². The summed E-state index contributed by atoms with van der Waals surface area (Å²) in [6, 6.07) is 14.9. The molecule has 30 heavy (non-hydrogen) atoms. The van der Waals surface area contributed by atoms with Crippen molar-refractivity contribution in [3.05, 3.63) is 88.2 Å². The normalized spacial score (nSPS) is 15.3. The van der Waals surface area contributed by atoms with Gasteiger partial charge in [0.25, 0.3) is 10.0 Å². The Kier molecular flexibility index (Phi) is 5.03. The van der Waals surface area contributed by atoms with E-state index in [1.807, 2.05) is 0 Å². The molecule has 3 aromatic carbocycles. The zero-order valence-corrected chi connectivity index (χ0v) is 17.8. The van der Waals surface area contributed by atoms with Crippen LogP contribution in [0.3, 0.4) is 0 Å². The Balaban J connectivity index is 1.95. The van der Waals surface area contributed by atoms with Crippen molar-refractivity contribution in [3.63, 3.8) is 0 Å². The van der Waals surface area contributed by atoms with Gasteiger partial charge in [-0.25, -0.2) is 17.6 Å². The summed E-state index contributed by atoms with van der Waals surface area (Å²) >= 11 is 6.17. The number of benzene rings is 3. The van der Waals surface area contributed by atoms with Gasteiger partial charge in [-0.2, -0.15) is 4.31 Å². The summed E-state index contributed by atoms with van der Waals surface area (Å²) in [7, 11) is -4.16. The van der Waals surface area contributed by atoms with Gasteiger partial charge in [0.05, 0.1) is 17.9 Å². The third-order valence-electron chi connectivity index (χ3n) is 5.10. The Hall–Kier alpha value is -2.90. The first-order valence-corrected chi connectivity index (χ1v) is 11.0. The first-order valence-electron chi connectivity index (χ1n) is 9.18. The first-order chi connectivity index (χ1) is 14.2. The second kappa shape index (κ2) is 7.41. The summed E-state index contributed by atoms with van der Waals surface area (Å²) in [4.78, 5) is 14.8. The number of carbonyl (C=O) groups excluding carboxylic acids is 1. The molecule has 0 atom stereocenters. The van der Waals surface area contributed by atoms with Gasteiger partial charge in [0.2, 0.25) is 0 Å². The van der Waals surface area contributed by atoms with Gasteiger partial charge < -0.3 is 0 Å². The van der Waals surface area contributed by atoms with Crippen LogP contribution in [-0.4, -0.2) is 14.4 Å². The van der Waals surface area contributed by atoms with Crippen molar-refractivity contribution >= 4 is 39.0 Å². The van der Waals surface area contributed by atoms with E-state index in [1.165, 1.54) is 35.2 Å². The highest BCUT2D eigenvalue weighted by Crippen LogP contribution is 2.40. The fourth-order valence-corrected chi connectivity index (χ4v) is 5.59. The molecule has 0 bridgehead atoms. The highest BCUT2D eigenvalue weighted by atomic mass is 35.5. The minimum absolute atomic E-state index is 0.0280. The topological polar surface area (TPSA) is 57.7 Å². The Morgan fingerprint density at radius 2 is 1.57 bits per heavy atom. The molecule has 4 rings (SSSR count). The number of hydrogen-bond donors (Lipinski definition) is 0. The monoisotopic (exact) mass is 444 g/mol. The van der Waals surface area contributed by atoms with Gasteiger partial charge in [0.1, 0.15) is 10.7 Å². The molecule has 0 N–H and O–H groups in total. The lowest BCUT2D eigenvalue weighted by Crippen LogP contribution is -2.51. The van der Waals surface area contributed by atoms with Gasteiger partial charge in [0.15, 0.2) is 0 Å². The number of sulfonamides is 1. The van der Waals surface area contributed by atoms with Gasteiger partial charge in [-0.1, -0.05) is 48.0 Å². The lowest BCUT2D eigenvalue weighted by molar-refractivity contribution is 0.253. The van der Waals surface area contributed by atoms with E-state index in [1.54, 1.807) is 44.2 Å². The van der Waals surface area contributed by atoms with Gasteiger partial charge >= 0.3 is 6.03 Å². The molecule has 8 heteroatoms. The summed E-state index contributed by atoms with van der Waals surface area (Å²) in [5.74, 6) is -0.570. The fraction of sp³-hybridized carbons (Fsp3) is 0.136. The molecule has 1 aliphatic heterocycles. The molecule has 0 spiro atoms. The van der Waals surface area contributed by atoms with E-state index in [0.29, 0.717) is 16.8 Å². The van der Waals surface area contributed by atoms with Crippen molar-refractivity contribution in [2.45, 2.75) is 25.3 Å². The smallest absolute Gasteiger partial charge is 0.287 e. The number of urea groups is 1. The summed E-state index contributed by atoms with van der Waals surface area (Å²) in [6.07, 6.45) is 0. The minimum Gasteiger partial charge on any atom is -0.287 e. The maximum absolute atomic E-state index is 14.5. The number of hydrogen-bond acceptors (Lipinski definition) is 3. The average Bonchev–Trinajstić information content (AvgIpc) is 2.69. The van der Waals surface area contributed by atoms with E-state index in [0.717, 1.165) is 4.31 Å². The van der Waals surface area contributed by atoms with E-state index in [-0.39, 0.29) is 27.7 Å². The van der Waals surface area contributed by atoms with Crippen LogP contribution >= 0.6 is 11.6 Å². The van der Waals surface area contributed by atoms with Crippen LogP contribution in [0.5, 0.6) is 0 Å². The molecule has 0 unspecified atom stereocenters. The van der Waals surface area contributed by atoms with Gasteiger partial charge in [0, 0.05) is 10.6 Å². The number of aryl methyl sites for hydroxylation is 2. The average molecular weight is 445 g/mol. The predicted molar refractivity (Wildman–Crippen MR) is 115 cm³/mol. The van der Waals surface area contributed by atoms with Gasteiger partial charge in [-0.15, -0.1) is 0 Å². The van der Waals surface area contributed by atoms with Crippen LogP contribution in [-0.2, 0) is 16.6 Å². The van der Waals surface area contributed by atoms with Crippen molar-refractivity contribution in [2.75, 3.05) is 9.21 Å². The number of carbonyl (C=O) groups is 1. The maximum Gasteiger partial charge on any atom is 0.343 e. The number of nitrogens with zero attached hydrogens (tertiary/aromatic N) is 2. The molecule has 0 aliphatic carbocycles. The van der Waals surface area contributed by atoms with E-state index in [2.05, 4.69) is 0 Å². The van der Waals surface area contributed by atoms with Gasteiger partial charge in [-0.3, -0.25) is 4.90 Å². The first kappa shape index (κ1) is 20.4. The predicted octanol–water partition coefficient (Wildman–Crippen LogP) is 5.43. The van der Waals surface area contributed by atoms with Crippen LogP contribution in [0.4, 0.5) is 20.6 Å². The Labute approximate surface area is 179 Å².